The van der Waals surface area contributed by atoms with Gasteiger partial charge in [-0.15, -0.1) is 0 Å². The molecule has 0 unspecified atom stereocenters. The van der Waals surface area contributed by atoms with Gasteiger partial charge in [0, 0.05) is 12.1 Å². The van der Waals surface area contributed by atoms with Crippen LogP contribution in [0.1, 0.15) is 12.7 Å². The van der Waals surface area contributed by atoms with Crippen LogP contribution < -0.4 is 5.32 Å². The van der Waals surface area contributed by atoms with E-state index in [2.05, 4.69) is 20.8 Å². The lowest BCUT2D eigenvalue weighted by molar-refractivity contribution is 0.529. The first-order chi connectivity index (χ1) is 10.3. The Labute approximate surface area is 126 Å². The fraction of sp³-hybridized carbons (Fsp3) is 0.214. The van der Waals surface area contributed by atoms with E-state index in [-0.39, 0.29) is 0 Å². The van der Waals surface area contributed by atoms with Gasteiger partial charge in [-0.3, -0.25) is 0 Å². The molecule has 0 aliphatic rings. The Morgan fingerprint density at radius 3 is 2.90 bits per heavy atom. The number of benzene rings is 1. The van der Waals surface area contributed by atoms with Crippen LogP contribution in [0.25, 0.3) is 11.3 Å². The van der Waals surface area contributed by atoms with Gasteiger partial charge in [0.1, 0.15) is 11.5 Å². The summed E-state index contributed by atoms with van der Waals surface area (Å²) in [5, 5.41) is 15.2. The van der Waals surface area contributed by atoms with E-state index >= 15 is 0 Å². The highest BCUT2D eigenvalue weighted by Gasteiger charge is 2.09. The third-order valence-electron chi connectivity index (χ3n) is 3.05. The predicted octanol–water partition coefficient (Wildman–Crippen LogP) is 3.22. The van der Waals surface area contributed by atoms with Crippen LogP contribution in [0.2, 0.25) is 5.02 Å². The van der Waals surface area contributed by atoms with Crippen LogP contribution in [0.15, 0.2) is 40.8 Å². The smallest absolute Gasteiger partial charge is 0.243 e. The lowest BCUT2D eigenvalue weighted by Crippen LogP contribution is -2.07. The number of nitrogens with zero attached hydrogens (tertiary/aromatic N) is 4. The standard InChI is InChI=1S/C14H14ClN5O/c1-2-20-14(17-18-19-20)16-9-10-7-8-13(21-10)11-5-3-4-6-12(11)15/h3-8H,2,9H2,1H3,(H,16,17,19). The van der Waals surface area contributed by atoms with Crippen molar-refractivity contribution in [3.05, 3.63) is 47.2 Å². The summed E-state index contributed by atoms with van der Waals surface area (Å²) >= 11 is 6.16. The van der Waals surface area contributed by atoms with Gasteiger partial charge in [0.2, 0.25) is 5.95 Å². The van der Waals surface area contributed by atoms with Crippen molar-refractivity contribution in [3.8, 4) is 11.3 Å². The molecule has 2 heterocycles. The Bertz CT molecular complexity index is 736. The number of nitrogens with one attached hydrogen (secondary N) is 1. The molecular weight excluding hydrogens is 290 g/mol. The minimum Gasteiger partial charge on any atom is -0.459 e. The van der Waals surface area contributed by atoms with Gasteiger partial charge in [-0.25, -0.2) is 4.68 Å². The number of hydrogen-bond donors (Lipinski definition) is 1. The van der Waals surface area contributed by atoms with Gasteiger partial charge in [0.05, 0.1) is 11.6 Å². The molecule has 2 aromatic heterocycles. The minimum absolute atomic E-state index is 0.505. The van der Waals surface area contributed by atoms with Crippen LogP contribution in [0.5, 0.6) is 0 Å². The molecule has 108 valence electrons. The molecule has 3 rings (SSSR count). The van der Waals surface area contributed by atoms with Crippen LogP contribution in [-0.2, 0) is 13.1 Å². The van der Waals surface area contributed by atoms with E-state index in [0.717, 1.165) is 17.1 Å². The minimum atomic E-state index is 0.505. The van der Waals surface area contributed by atoms with E-state index < -0.39 is 0 Å². The molecule has 0 aliphatic carbocycles. The van der Waals surface area contributed by atoms with Gasteiger partial charge in [0.15, 0.2) is 0 Å². The Balaban J connectivity index is 1.73. The van der Waals surface area contributed by atoms with Crippen molar-refractivity contribution in [1.29, 1.82) is 0 Å². The van der Waals surface area contributed by atoms with E-state index in [0.29, 0.717) is 24.1 Å². The first-order valence-corrected chi connectivity index (χ1v) is 6.99. The van der Waals surface area contributed by atoms with Crippen molar-refractivity contribution >= 4 is 17.5 Å². The zero-order chi connectivity index (χ0) is 14.7. The van der Waals surface area contributed by atoms with Gasteiger partial charge in [-0.05, 0) is 41.6 Å². The molecule has 0 amide bonds. The summed E-state index contributed by atoms with van der Waals surface area (Å²) in [6, 6.07) is 11.4. The van der Waals surface area contributed by atoms with Crippen molar-refractivity contribution in [2.24, 2.45) is 0 Å². The van der Waals surface area contributed by atoms with Crippen molar-refractivity contribution in [2.45, 2.75) is 20.0 Å². The van der Waals surface area contributed by atoms with Crippen molar-refractivity contribution in [2.75, 3.05) is 5.32 Å². The molecular formula is C14H14ClN5O. The maximum Gasteiger partial charge on any atom is 0.243 e. The number of halogens is 1. The zero-order valence-corrected chi connectivity index (χ0v) is 12.2. The normalized spacial score (nSPS) is 10.8. The second kappa shape index (κ2) is 5.97. The molecule has 0 spiro atoms. The Kier molecular flexibility index (Phi) is 3.87. The zero-order valence-electron chi connectivity index (χ0n) is 11.5. The summed E-state index contributed by atoms with van der Waals surface area (Å²) in [5.41, 5.74) is 0.879. The molecule has 0 bridgehead atoms. The quantitative estimate of drug-likeness (QED) is 0.783. The van der Waals surface area contributed by atoms with Crippen LogP contribution in [0.3, 0.4) is 0 Å². The van der Waals surface area contributed by atoms with E-state index in [1.54, 1.807) is 4.68 Å². The van der Waals surface area contributed by atoms with Gasteiger partial charge in [-0.1, -0.05) is 28.8 Å². The van der Waals surface area contributed by atoms with Crippen LogP contribution in [0, 0.1) is 0 Å². The summed E-state index contributed by atoms with van der Waals surface area (Å²) in [7, 11) is 0. The highest BCUT2D eigenvalue weighted by Crippen LogP contribution is 2.29. The Morgan fingerprint density at radius 2 is 2.10 bits per heavy atom. The largest absolute Gasteiger partial charge is 0.459 e. The highest BCUT2D eigenvalue weighted by atomic mass is 35.5. The lowest BCUT2D eigenvalue weighted by atomic mass is 10.2. The molecule has 1 N–H and O–H groups in total. The maximum absolute atomic E-state index is 6.16. The first-order valence-electron chi connectivity index (χ1n) is 6.61. The summed E-state index contributed by atoms with van der Waals surface area (Å²) in [6.45, 7) is 3.19. The number of anilines is 1. The van der Waals surface area contributed by atoms with Crippen molar-refractivity contribution in [3.63, 3.8) is 0 Å². The fourth-order valence-electron chi connectivity index (χ4n) is 1.99. The van der Waals surface area contributed by atoms with Gasteiger partial charge in [0.25, 0.3) is 0 Å². The van der Waals surface area contributed by atoms with Gasteiger partial charge >= 0.3 is 0 Å². The summed E-state index contributed by atoms with van der Waals surface area (Å²) in [4.78, 5) is 0. The maximum atomic E-state index is 6.16. The number of aryl methyl sites for hydroxylation is 1. The Morgan fingerprint density at radius 1 is 1.24 bits per heavy atom. The number of hydrogen-bond acceptors (Lipinski definition) is 5. The molecule has 6 nitrogen and oxygen atoms in total. The average Bonchev–Trinajstić information content (AvgIpc) is 3.14. The number of aromatic nitrogens is 4. The SMILES string of the molecule is CCn1nnnc1NCc1ccc(-c2ccccc2Cl)o1. The summed E-state index contributed by atoms with van der Waals surface area (Å²) in [5.74, 6) is 2.15. The van der Waals surface area contributed by atoms with E-state index in [1.807, 2.05) is 43.3 Å². The van der Waals surface area contributed by atoms with Crippen molar-refractivity contribution < 1.29 is 4.42 Å². The molecule has 0 fully saturated rings. The molecule has 0 radical (unpaired) electrons. The monoisotopic (exact) mass is 303 g/mol. The predicted molar refractivity (Wildman–Crippen MR) is 80.0 cm³/mol. The van der Waals surface area contributed by atoms with Gasteiger partial charge < -0.3 is 9.73 Å². The molecule has 0 saturated heterocycles. The molecule has 21 heavy (non-hydrogen) atoms. The molecule has 1 aromatic carbocycles. The lowest BCUT2D eigenvalue weighted by Gasteiger charge is -2.03. The summed E-state index contributed by atoms with van der Waals surface area (Å²) < 4.78 is 7.48. The van der Waals surface area contributed by atoms with Crippen LogP contribution >= 0.6 is 11.6 Å². The van der Waals surface area contributed by atoms with E-state index in [9.17, 15) is 0 Å². The number of furan rings is 1. The molecule has 0 aliphatic heterocycles. The first kappa shape index (κ1) is 13.6. The summed E-state index contributed by atoms with van der Waals surface area (Å²) in [6.07, 6.45) is 0. The fourth-order valence-corrected chi connectivity index (χ4v) is 2.22. The van der Waals surface area contributed by atoms with Crippen molar-refractivity contribution in [1.82, 2.24) is 20.2 Å². The number of rotatable bonds is 5. The van der Waals surface area contributed by atoms with Gasteiger partial charge in [-0.2, -0.15) is 0 Å². The second-order valence-corrected chi connectivity index (χ2v) is 4.82. The topological polar surface area (TPSA) is 68.8 Å². The van der Waals surface area contributed by atoms with Crippen LogP contribution in [-0.4, -0.2) is 20.2 Å². The van der Waals surface area contributed by atoms with E-state index in [1.165, 1.54) is 0 Å². The molecule has 7 heteroatoms. The second-order valence-electron chi connectivity index (χ2n) is 4.42. The third kappa shape index (κ3) is 2.90. The molecule has 0 atom stereocenters. The van der Waals surface area contributed by atoms with E-state index in [4.69, 9.17) is 16.0 Å². The Hall–Kier alpha value is -2.34. The third-order valence-corrected chi connectivity index (χ3v) is 3.38. The highest BCUT2D eigenvalue weighted by molar-refractivity contribution is 6.33. The van der Waals surface area contributed by atoms with Crippen LogP contribution in [0.4, 0.5) is 5.95 Å². The average molecular weight is 304 g/mol. The number of tetrazole rings is 1. The molecule has 3 aromatic rings. The molecule has 0 saturated carbocycles.